The molecule has 0 spiro atoms. The Kier molecular flexibility index (Phi) is 6.01. The maximum Gasteiger partial charge on any atom is 0.268 e. The monoisotopic (exact) mass is 411 g/mol. The van der Waals surface area contributed by atoms with Crippen LogP contribution in [0.2, 0.25) is 0 Å². The summed E-state index contributed by atoms with van der Waals surface area (Å²) in [6.45, 7) is 7.76. The van der Waals surface area contributed by atoms with E-state index in [9.17, 15) is 9.59 Å². The Hall–Kier alpha value is -2.18. The van der Waals surface area contributed by atoms with Gasteiger partial charge in [-0.25, -0.2) is 0 Å². The molecular weight excluding hydrogens is 382 g/mol. The molecular formula is C23H29N3O2S. The van der Waals surface area contributed by atoms with Crippen LogP contribution in [0.25, 0.3) is 0 Å². The van der Waals surface area contributed by atoms with E-state index in [0.717, 1.165) is 67.3 Å². The first-order valence-electron chi connectivity index (χ1n) is 10.6. The second-order valence-electron chi connectivity index (χ2n) is 7.96. The molecule has 0 unspecified atom stereocenters. The van der Waals surface area contributed by atoms with Crippen LogP contribution in [0, 0.1) is 0 Å². The molecule has 1 aromatic heterocycles. The van der Waals surface area contributed by atoms with Crippen molar-refractivity contribution >= 4 is 34.5 Å². The number of carbonyl (C=O) groups excluding carboxylic acids is 2. The number of benzene rings is 1. The molecule has 154 valence electrons. The molecule has 1 aromatic carbocycles. The van der Waals surface area contributed by atoms with E-state index in [1.807, 2.05) is 39.4 Å². The zero-order valence-corrected chi connectivity index (χ0v) is 18.1. The van der Waals surface area contributed by atoms with Crippen LogP contribution in [0.15, 0.2) is 35.7 Å². The average molecular weight is 412 g/mol. The van der Waals surface area contributed by atoms with Gasteiger partial charge in [-0.15, -0.1) is 11.3 Å². The summed E-state index contributed by atoms with van der Waals surface area (Å²) in [6.07, 6.45) is 4.00. The molecule has 2 aliphatic rings. The Morgan fingerprint density at radius 2 is 1.97 bits per heavy atom. The van der Waals surface area contributed by atoms with Crippen molar-refractivity contribution in [1.29, 1.82) is 0 Å². The minimum absolute atomic E-state index is 0.0753. The van der Waals surface area contributed by atoms with E-state index in [2.05, 4.69) is 17.9 Å². The van der Waals surface area contributed by atoms with E-state index in [1.165, 1.54) is 17.8 Å². The molecule has 1 saturated heterocycles. The van der Waals surface area contributed by atoms with Crippen LogP contribution in [0.5, 0.6) is 0 Å². The molecule has 1 fully saturated rings. The first-order chi connectivity index (χ1) is 14.1. The first-order valence-corrected chi connectivity index (χ1v) is 11.5. The van der Waals surface area contributed by atoms with Crippen LogP contribution in [0.3, 0.4) is 0 Å². The molecule has 3 heterocycles. The van der Waals surface area contributed by atoms with Gasteiger partial charge in [0.2, 0.25) is 5.91 Å². The fraction of sp³-hybridized carbons (Fsp3) is 0.478. The van der Waals surface area contributed by atoms with Gasteiger partial charge in [-0.1, -0.05) is 13.0 Å². The summed E-state index contributed by atoms with van der Waals surface area (Å²) in [6, 6.07) is 10.2. The number of hydrogen-bond donors (Lipinski definition) is 0. The van der Waals surface area contributed by atoms with E-state index in [4.69, 9.17) is 0 Å². The second-order valence-corrected chi connectivity index (χ2v) is 8.91. The average Bonchev–Trinajstić information content (AvgIpc) is 3.39. The number of hydrogen-bond acceptors (Lipinski definition) is 4. The van der Waals surface area contributed by atoms with Crippen molar-refractivity contribution in [3.8, 4) is 0 Å². The van der Waals surface area contributed by atoms with Crippen LogP contribution in [0.1, 0.15) is 48.3 Å². The number of carbonyl (C=O) groups is 2. The fourth-order valence-electron chi connectivity index (χ4n) is 4.60. The molecule has 0 saturated carbocycles. The van der Waals surface area contributed by atoms with Crippen molar-refractivity contribution in [3.63, 3.8) is 0 Å². The topological polar surface area (TPSA) is 43.9 Å². The Bertz CT molecular complexity index is 872. The molecule has 0 aliphatic carbocycles. The summed E-state index contributed by atoms with van der Waals surface area (Å²) < 4.78 is 0. The first kappa shape index (κ1) is 20.1. The quantitative estimate of drug-likeness (QED) is 0.741. The number of piperidine rings is 1. The number of amides is 2. The van der Waals surface area contributed by atoms with Gasteiger partial charge in [0.15, 0.2) is 0 Å². The molecule has 29 heavy (non-hydrogen) atoms. The van der Waals surface area contributed by atoms with Crippen LogP contribution < -0.4 is 9.80 Å². The smallest absolute Gasteiger partial charge is 0.268 e. The third kappa shape index (κ3) is 4.09. The van der Waals surface area contributed by atoms with Crippen molar-refractivity contribution < 1.29 is 9.59 Å². The Labute approximate surface area is 176 Å². The maximum absolute atomic E-state index is 13.4. The lowest BCUT2D eigenvalue weighted by Crippen LogP contribution is -2.47. The number of thiophene rings is 1. The third-order valence-corrected chi connectivity index (χ3v) is 6.89. The summed E-state index contributed by atoms with van der Waals surface area (Å²) in [4.78, 5) is 32.5. The minimum Gasteiger partial charge on any atom is -0.312 e. The van der Waals surface area contributed by atoms with Gasteiger partial charge in [0.25, 0.3) is 5.91 Å². The molecule has 0 N–H and O–H groups in total. The van der Waals surface area contributed by atoms with Gasteiger partial charge >= 0.3 is 0 Å². The zero-order valence-electron chi connectivity index (χ0n) is 17.3. The second kappa shape index (κ2) is 8.67. The van der Waals surface area contributed by atoms with Crippen LogP contribution >= 0.6 is 11.3 Å². The molecule has 2 aliphatic heterocycles. The van der Waals surface area contributed by atoms with Crippen LogP contribution in [0.4, 0.5) is 11.4 Å². The van der Waals surface area contributed by atoms with Gasteiger partial charge in [-0.2, -0.15) is 0 Å². The number of nitrogens with zero attached hydrogens (tertiary/aromatic N) is 3. The summed E-state index contributed by atoms with van der Waals surface area (Å²) in [7, 11) is 0. The van der Waals surface area contributed by atoms with Crippen LogP contribution in [-0.2, 0) is 11.2 Å². The highest BCUT2D eigenvalue weighted by atomic mass is 32.1. The Morgan fingerprint density at radius 1 is 1.17 bits per heavy atom. The molecule has 0 bridgehead atoms. The largest absolute Gasteiger partial charge is 0.312 e. The molecule has 2 aromatic rings. The van der Waals surface area contributed by atoms with Gasteiger partial charge in [-0.3, -0.25) is 9.59 Å². The van der Waals surface area contributed by atoms with Gasteiger partial charge in [-0.05, 0) is 67.4 Å². The lowest BCUT2D eigenvalue weighted by molar-refractivity contribution is -0.116. The molecule has 4 rings (SSSR count). The van der Waals surface area contributed by atoms with Gasteiger partial charge in [0, 0.05) is 44.0 Å². The predicted octanol–water partition coefficient (Wildman–Crippen LogP) is 4.18. The minimum atomic E-state index is 0.0753. The molecule has 2 amide bonds. The predicted molar refractivity (Wildman–Crippen MR) is 119 cm³/mol. The standard InChI is InChI=1S/C23H29N3O2S/c1-3-11-24-12-9-19(10-13-24)26(23(28)22-5-4-15-29-22)20-6-7-21-18(16-20)8-14-25(21)17(2)27/h4-7,15-16,19H,3,8-14H2,1-2H3. The van der Waals surface area contributed by atoms with E-state index < -0.39 is 0 Å². The summed E-state index contributed by atoms with van der Waals surface area (Å²) in [5, 5.41) is 1.96. The highest BCUT2D eigenvalue weighted by Gasteiger charge is 2.31. The van der Waals surface area contributed by atoms with E-state index in [0.29, 0.717) is 0 Å². The third-order valence-electron chi connectivity index (χ3n) is 6.03. The van der Waals surface area contributed by atoms with Crippen molar-refractivity contribution in [2.75, 3.05) is 36.0 Å². The summed E-state index contributed by atoms with van der Waals surface area (Å²) >= 11 is 1.50. The summed E-state index contributed by atoms with van der Waals surface area (Å²) in [5.74, 6) is 0.168. The molecule has 5 nitrogen and oxygen atoms in total. The zero-order chi connectivity index (χ0) is 20.4. The summed E-state index contributed by atoms with van der Waals surface area (Å²) in [5.41, 5.74) is 3.11. The highest BCUT2D eigenvalue weighted by molar-refractivity contribution is 7.12. The molecule has 0 atom stereocenters. The van der Waals surface area contributed by atoms with Crippen molar-refractivity contribution in [2.45, 2.75) is 45.6 Å². The Balaban J connectivity index is 1.63. The van der Waals surface area contributed by atoms with Crippen molar-refractivity contribution in [1.82, 2.24) is 4.90 Å². The van der Waals surface area contributed by atoms with E-state index in [1.54, 1.807) is 6.92 Å². The van der Waals surface area contributed by atoms with Gasteiger partial charge in [0.05, 0.1) is 4.88 Å². The van der Waals surface area contributed by atoms with Crippen molar-refractivity contribution in [2.24, 2.45) is 0 Å². The maximum atomic E-state index is 13.4. The number of likely N-dealkylation sites (tertiary alicyclic amines) is 1. The SMILES string of the molecule is CCCN1CCC(N(C(=O)c2cccs2)c2ccc3c(c2)CCN3C(C)=O)CC1. The number of rotatable bonds is 5. The van der Waals surface area contributed by atoms with Gasteiger partial charge in [0.1, 0.15) is 0 Å². The molecule has 0 radical (unpaired) electrons. The van der Waals surface area contributed by atoms with E-state index >= 15 is 0 Å². The number of anilines is 2. The van der Waals surface area contributed by atoms with E-state index in [-0.39, 0.29) is 17.9 Å². The lowest BCUT2D eigenvalue weighted by Gasteiger charge is -2.38. The number of fused-ring (bicyclic) bond motifs is 1. The highest BCUT2D eigenvalue weighted by Crippen LogP contribution is 2.34. The normalized spacial score (nSPS) is 17.4. The van der Waals surface area contributed by atoms with Gasteiger partial charge < -0.3 is 14.7 Å². The lowest BCUT2D eigenvalue weighted by atomic mass is 10.0. The fourth-order valence-corrected chi connectivity index (χ4v) is 5.26. The Morgan fingerprint density at radius 3 is 2.62 bits per heavy atom. The van der Waals surface area contributed by atoms with Crippen molar-refractivity contribution in [3.05, 3.63) is 46.2 Å². The van der Waals surface area contributed by atoms with Crippen LogP contribution in [-0.4, -0.2) is 48.9 Å². The molecule has 6 heteroatoms.